The lowest BCUT2D eigenvalue weighted by Gasteiger charge is -2.28. The Morgan fingerprint density at radius 3 is 2.29 bits per heavy atom. The summed E-state index contributed by atoms with van der Waals surface area (Å²) in [5.41, 5.74) is -0.224. The third-order valence-corrected chi connectivity index (χ3v) is 4.20. The quantitative estimate of drug-likeness (QED) is 0.548. The smallest absolute Gasteiger partial charge is 0.333 e. The van der Waals surface area contributed by atoms with E-state index in [4.69, 9.17) is 4.42 Å². The van der Waals surface area contributed by atoms with Crippen molar-refractivity contribution in [3.63, 3.8) is 0 Å². The van der Waals surface area contributed by atoms with Crippen molar-refractivity contribution in [2.24, 2.45) is 0 Å². The van der Waals surface area contributed by atoms with E-state index >= 15 is 0 Å². The van der Waals surface area contributed by atoms with Crippen LogP contribution in [0.2, 0.25) is 0 Å². The van der Waals surface area contributed by atoms with Crippen LogP contribution < -0.4 is 5.43 Å². The number of imide groups is 2. The molecule has 1 aliphatic heterocycles. The summed E-state index contributed by atoms with van der Waals surface area (Å²) < 4.78 is 6.08. The van der Waals surface area contributed by atoms with Gasteiger partial charge in [-0.1, -0.05) is 15.9 Å². The van der Waals surface area contributed by atoms with E-state index in [2.05, 4.69) is 15.9 Å². The lowest BCUT2D eigenvalue weighted by molar-refractivity contribution is -0.134. The Hall–Kier alpha value is -2.74. The molecule has 3 rings (SSSR count). The van der Waals surface area contributed by atoms with E-state index in [-0.39, 0.29) is 16.6 Å². The first-order valence-electron chi connectivity index (χ1n) is 6.84. The van der Waals surface area contributed by atoms with Crippen LogP contribution in [0.15, 0.2) is 43.7 Å². The molecule has 0 atom stereocenters. The zero-order valence-corrected chi connectivity index (χ0v) is 14.3. The van der Waals surface area contributed by atoms with Gasteiger partial charge in [0.1, 0.15) is 17.4 Å². The first kappa shape index (κ1) is 16.1. The van der Waals surface area contributed by atoms with Gasteiger partial charge in [-0.05, 0) is 24.3 Å². The van der Waals surface area contributed by atoms with Crippen LogP contribution in [-0.4, -0.2) is 41.7 Å². The van der Waals surface area contributed by atoms with Gasteiger partial charge in [0.25, 0.3) is 11.8 Å². The minimum Gasteiger partial charge on any atom is -0.463 e. The number of rotatable bonds is 1. The molecule has 2 heterocycles. The van der Waals surface area contributed by atoms with Crippen molar-refractivity contribution in [1.82, 2.24) is 9.80 Å². The average Bonchev–Trinajstić information content (AvgIpc) is 2.57. The molecule has 0 unspecified atom stereocenters. The molecule has 1 aromatic heterocycles. The first-order chi connectivity index (χ1) is 11.3. The number of carbonyl (C=O) groups is 3. The molecule has 0 spiro atoms. The number of amides is 4. The number of urea groups is 1. The second-order valence-corrected chi connectivity index (χ2v) is 6.15. The Bertz CT molecular complexity index is 966. The molecule has 24 heavy (non-hydrogen) atoms. The topological polar surface area (TPSA) is 87.9 Å². The molecule has 1 aliphatic rings. The van der Waals surface area contributed by atoms with Crippen molar-refractivity contribution in [3.8, 4) is 0 Å². The predicted molar refractivity (Wildman–Crippen MR) is 89.1 cm³/mol. The minimum atomic E-state index is -0.767. The summed E-state index contributed by atoms with van der Waals surface area (Å²) in [4.78, 5) is 50.2. The summed E-state index contributed by atoms with van der Waals surface area (Å²) in [6.07, 6.45) is 2.33. The van der Waals surface area contributed by atoms with Gasteiger partial charge in [0.15, 0.2) is 5.43 Å². The number of fused-ring (bicyclic) bond motifs is 1. The van der Waals surface area contributed by atoms with Crippen LogP contribution in [-0.2, 0) is 9.59 Å². The lowest BCUT2D eigenvalue weighted by atomic mass is 10.1. The Labute approximate surface area is 144 Å². The van der Waals surface area contributed by atoms with Crippen LogP contribution in [0.3, 0.4) is 0 Å². The molecule has 1 saturated heterocycles. The first-order valence-corrected chi connectivity index (χ1v) is 7.63. The maximum atomic E-state index is 12.6. The third-order valence-electron chi connectivity index (χ3n) is 3.71. The minimum absolute atomic E-state index is 0.0495. The third kappa shape index (κ3) is 2.44. The molecule has 0 N–H and O–H groups in total. The van der Waals surface area contributed by atoms with Gasteiger partial charge in [-0.3, -0.25) is 24.2 Å². The molecule has 0 saturated carbocycles. The fourth-order valence-electron chi connectivity index (χ4n) is 2.35. The highest BCUT2D eigenvalue weighted by atomic mass is 79.9. The number of halogens is 1. The number of hydrogen-bond acceptors (Lipinski definition) is 5. The Morgan fingerprint density at radius 2 is 1.67 bits per heavy atom. The molecule has 8 heteroatoms. The van der Waals surface area contributed by atoms with Gasteiger partial charge in [0.05, 0.1) is 10.9 Å². The molecule has 0 radical (unpaired) electrons. The van der Waals surface area contributed by atoms with Crippen LogP contribution in [0.5, 0.6) is 0 Å². The van der Waals surface area contributed by atoms with Crippen molar-refractivity contribution in [3.05, 3.63) is 50.3 Å². The Kier molecular flexibility index (Phi) is 3.84. The summed E-state index contributed by atoms with van der Waals surface area (Å²) >= 11 is 3.28. The van der Waals surface area contributed by atoms with E-state index < -0.39 is 17.8 Å². The molecule has 4 amide bonds. The zero-order valence-electron chi connectivity index (χ0n) is 12.7. The Balaban J connectivity index is 2.17. The van der Waals surface area contributed by atoms with E-state index in [0.717, 1.165) is 15.9 Å². The van der Waals surface area contributed by atoms with Crippen LogP contribution in [0.1, 0.15) is 5.56 Å². The second kappa shape index (κ2) is 5.72. The van der Waals surface area contributed by atoms with E-state index in [1.54, 1.807) is 18.2 Å². The largest absolute Gasteiger partial charge is 0.463 e. The van der Waals surface area contributed by atoms with Gasteiger partial charge in [-0.25, -0.2) is 4.79 Å². The molecule has 7 nitrogen and oxygen atoms in total. The lowest BCUT2D eigenvalue weighted by Crippen LogP contribution is -2.53. The molecule has 1 fully saturated rings. The van der Waals surface area contributed by atoms with Crippen LogP contribution >= 0.6 is 15.9 Å². The maximum Gasteiger partial charge on any atom is 0.333 e. The molecular formula is C16H11BrN2O5. The number of hydrogen-bond donors (Lipinski definition) is 0. The van der Waals surface area contributed by atoms with Crippen molar-refractivity contribution in [2.45, 2.75) is 0 Å². The van der Waals surface area contributed by atoms with Crippen molar-refractivity contribution < 1.29 is 18.8 Å². The number of nitrogens with zero attached hydrogens (tertiary/aromatic N) is 2. The summed E-state index contributed by atoms with van der Waals surface area (Å²) in [7, 11) is 2.53. The highest BCUT2D eigenvalue weighted by Gasteiger charge is 2.37. The standard InChI is InChI=1S/C16H11BrN2O5/c1-18-14(21)11(15(22)19(2)16(18)23)5-8-7-24-12-4-3-9(17)6-10(12)13(8)20/h3-7H,1-2H3. The van der Waals surface area contributed by atoms with Gasteiger partial charge in [0, 0.05) is 18.6 Å². The van der Waals surface area contributed by atoms with Crippen molar-refractivity contribution in [2.75, 3.05) is 14.1 Å². The summed E-state index contributed by atoms with van der Waals surface area (Å²) in [6, 6.07) is 4.23. The predicted octanol–water partition coefficient (Wildman–Crippen LogP) is 1.99. The number of barbiturate groups is 1. The van der Waals surface area contributed by atoms with E-state index in [1.807, 2.05) is 0 Å². The van der Waals surface area contributed by atoms with Crippen molar-refractivity contribution >= 4 is 50.8 Å². The maximum absolute atomic E-state index is 12.6. The SMILES string of the molecule is CN1C(=O)C(=Cc2coc3ccc(Br)cc3c2=O)C(=O)N(C)C1=O. The van der Waals surface area contributed by atoms with Crippen LogP contribution in [0.25, 0.3) is 17.0 Å². The summed E-state index contributed by atoms with van der Waals surface area (Å²) in [5, 5.41) is 0.312. The Morgan fingerprint density at radius 1 is 1.04 bits per heavy atom. The van der Waals surface area contributed by atoms with Crippen LogP contribution in [0, 0.1) is 0 Å². The molecule has 1 aromatic carbocycles. The normalized spacial score (nSPS) is 15.5. The van der Waals surface area contributed by atoms with E-state index in [0.29, 0.717) is 15.4 Å². The fraction of sp³-hybridized carbons (Fsp3) is 0.125. The van der Waals surface area contributed by atoms with Gasteiger partial charge >= 0.3 is 6.03 Å². The van der Waals surface area contributed by atoms with Gasteiger partial charge in [-0.15, -0.1) is 0 Å². The zero-order chi connectivity index (χ0) is 17.6. The molecule has 0 aliphatic carbocycles. The summed E-state index contributed by atoms with van der Waals surface area (Å²) in [5.74, 6) is -1.53. The second-order valence-electron chi connectivity index (χ2n) is 5.23. The number of carbonyl (C=O) groups excluding carboxylic acids is 3. The van der Waals surface area contributed by atoms with Gasteiger partial charge in [-0.2, -0.15) is 0 Å². The fourth-order valence-corrected chi connectivity index (χ4v) is 2.71. The summed E-state index contributed by atoms with van der Waals surface area (Å²) in [6.45, 7) is 0. The highest BCUT2D eigenvalue weighted by molar-refractivity contribution is 9.10. The molecular weight excluding hydrogens is 380 g/mol. The monoisotopic (exact) mass is 390 g/mol. The average molecular weight is 391 g/mol. The van der Waals surface area contributed by atoms with Crippen LogP contribution in [0.4, 0.5) is 4.79 Å². The van der Waals surface area contributed by atoms with Crippen molar-refractivity contribution in [1.29, 1.82) is 0 Å². The van der Waals surface area contributed by atoms with E-state index in [1.165, 1.54) is 20.4 Å². The van der Waals surface area contributed by atoms with E-state index in [9.17, 15) is 19.2 Å². The molecule has 122 valence electrons. The number of likely N-dealkylation sites (N-methyl/N-ethyl adjacent to an activating group) is 2. The number of benzene rings is 1. The highest BCUT2D eigenvalue weighted by Crippen LogP contribution is 2.20. The molecule has 2 aromatic rings. The molecule has 0 bridgehead atoms. The van der Waals surface area contributed by atoms with Gasteiger partial charge in [0.2, 0.25) is 0 Å². The van der Waals surface area contributed by atoms with Gasteiger partial charge < -0.3 is 4.42 Å².